The molecule has 134 valence electrons. The molecule has 1 unspecified atom stereocenters. The topological polar surface area (TPSA) is 59.8 Å². The van der Waals surface area contributed by atoms with Gasteiger partial charge in [-0.15, -0.1) is 10.2 Å². The molecule has 3 rings (SSSR count). The molecule has 1 aliphatic carbocycles. The molecule has 1 heterocycles. The Labute approximate surface area is 153 Å². The van der Waals surface area contributed by atoms with Crippen molar-refractivity contribution in [3.05, 3.63) is 36.2 Å². The van der Waals surface area contributed by atoms with Crippen molar-refractivity contribution >= 4 is 23.4 Å². The normalized spacial score (nSPS) is 16.6. The van der Waals surface area contributed by atoms with Crippen LogP contribution in [-0.4, -0.2) is 25.9 Å². The van der Waals surface area contributed by atoms with Gasteiger partial charge in [-0.2, -0.15) is 0 Å². The molecule has 0 radical (unpaired) electrons. The summed E-state index contributed by atoms with van der Waals surface area (Å²) in [4.78, 5) is 12.4. The number of carbonyl (C=O) groups excluding carboxylic acids is 1. The molecule has 0 aliphatic heterocycles. The summed E-state index contributed by atoms with van der Waals surface area (Å²) in [7, 11) is 0. The predicted molar refractivity (Wildman–Crippen MR) is 102 cm³/mol. The smallest absolute Gasteiger partial charge is 0.237 e. The summed E-state index contributed by atoms with van der Waals surface area (Å²) in [5, 5.41) is 12.4. The Bertz CT molecular complexity index is 695. The lowest BCUT2D eigenvalue weighted by atomic mass is 9.89. The molecule has 1 fully saturated rings. The SMILES string of the molecule is CCn1c(SC(C)C(=O)Nc2ccccc2)nnc1C1CCCCC1. The summed E-state index contributed by atoms with van der Waals surface area (Å²) in [6.45, 7) is 4.88. The standard InChI is InChI=1S/C19H26N4OS/c1-3-23-17(15-10-6-4-7-11-15)21-22-19(23)25-14(2)18(24)20-16-12-8-5-9-13-16/h5,8-9,12-15H,3-4,6-7,10-11H2,1-2H3,(H,20,24). The highest BCUT2D eigenvalue weighted by molar-refractivity contribution is 8.00. The Kier molecular flexibility index (Phi) is 6.13. The fraction of sp³-hybridized carbons (Fsp3) is 0.526. The first-order valence-corrected chi connectivity index (χ1v) is 10.0. The lowest BCUT2D eigenvalue weighted by Crippen LogP contribution is -2.23. The van der Waals surface area contributed by atoms with Crippen molar-refractivity contribution in [2.24, 2.45) is 0 Å². The van der Waals surface area contributed by atoms with E-state index in [1.54, 1.807) is 0 Å². The molecule has 25 heavy (non-hydrogen) atoms. The Morgan fingerprint density at radius 1 is 1.24 bits per heavy atom. The number of thioether (sulfide) groups is 1. The van der Waals surface area contributed by atoms with Crippen molar-refractivity contribution in [3.8, 4) is 0 Å². The second-order valence-corrected chi connectivity index (χ2v) is 7.84. The van der Waals surface area contributed by atoms with Gasteiger partial charge in [0.15, 0.2) is 5.16 Å². The van der Waals surface area contributed by atoms with Gasteiger partial charge >= 0.3 is 0 Å². The zero-order valence-corrected chi connectivity index (χ0v) is 15.8. The van der Waals surface area contributed by atoms with Gasteiger partial charge < -0.3 is 9.88 Å². The second-order valence-electron chi connectivity index (χ2n) is 6.54. The third-order valence-corrected chi connectivity index (χ3v) is 5.81. The summed E-state index contributed by atoms with van der Waals surface area (Å²) in [6.07, 6.45) is 6.29. The van der Waals surface area contributed by atoms with Gasteiger partial charge in [0.25, 0.3) is 0 Å². The maximum atomic E-state index is 12.4. The molecule has 1 aliphatic rings. The van der Waals surface area contributed by atoms with E-state index in [0.717, 1.165) is 23.2 Å². The van der Waals surface area contributed by atoms with Crippen LogP contribution in [0.3, 0.4) is 0 Å². The first-order chi connectivity index (χ1) is 12.2. The third-order valence-electron chi connectivity index (χ3n) is 4.72. The lowest BCUT2D eigenvalue weighted by Gasteiger charge is -2.21. The number of carbonyl (C=O) groups is 1. The van der Waals surface area contributed by atoms with E-state index in [0.29, 0.717) is 5.92 Å². The van der Waals surface area contributed by atoms with Crippen LogP contribution in [-0.2, 0) is 11.3 Å². The quantitative estimate of drug-likeness (QED) is 0.774. The highest BCUT2D eigenvalue weighted by Gasteiger charge is 2.25. The molecule has 1 amide bonds. The summed E-state index contributed by atoms with van der Waals surface area (Å²) >= 11 is 1.48. The molecule has 1 N–H and O–H groups in total. The fourth-order valence-corrected chi connectivity index (χ4v) is 4.24. The van der Waals surface area contributed by atoms with Crippen LogP contribution < -0.4 is 5.32 Å². The van der Waals surface area contributed by atoms with Gasteiger partial charge in [-0.1, -0.05) is 49.2 Å². The molecule has 1 aromatic heterocycles. The molecular weight excluding hydrogens is 332 g/mol. The molecule has 1 aromatic carbocycles. The van der Waals surface area contributed by atoms with E-state index < -0.39 is 0 Å². The Morgan fingerprint density at radius 2 is 1.96 bits per heavy atom. The zero-order valence-electron chi connectivity index (χ0n) is 14.9. The molecule has 0 spiro atoms. The van der Waals surface area contributed by atoms with Gasteiger partial charge in [-0.3, -0.25) is 4.79 Å². The van der Waals surface area contributed by atoms with Crippen LogP contribution in [0.4, 0.5) is 5.69 Å². The molecule has 2 aromatic rings. The molecule has 0 saturated heterocycles. The van der Waals surface area contributed by atoms with Crippen molar-refractivity contribution in [3.63, 3.8) is 0 Å². The highest BCUT2D eigenvalue weighted by Crippen LogP contribution is 2.34. The van der Waals surface area contributed by atoms with Crippen LogP contribution in [0.15, 0.2) is 35.5 Å². The molecular formula is C19H26N4OS. The van der Waals surface area contributed by atoms with Crippen molar-refractivity contribution < 1.29 is 4.79 Å². The zero-order chi connectivity index (χ0) is 17.6. The number of amides is 1. The first kappa shape index (κ1) is 18.0. The van der Waals surface area contributed by atoms with E-state index in [-0.39, 0.29) is 11.2 Å². The number of hydrogen-bond acceptors (Lipinski definition) is 4. The Morgan fingerprint density at radius 3 is 2.64 bits per heavy atom. The average molecular weight is 359 g/mol. The highest BCUT2D eigenvalue weighted by atomic mass is 32.2. The van der Waals surface area contributed by atoms with Crippen molar-refractivity contribution in [1.82, 2.24) is 14.8 Å². The van der Waals surface area contributed by atoms with Gasteiger partial charge in [0, 0.05) is 18.2 Å². The van der Waals surface area contributed by atoms with Crippen LogP contribution in [0.2, 0.25) is 0 Å². The monoisotopic (exact) mass is 358 g/mol. The van der Waals surface area contributed by atoms with E-state index in [2.05, 4.69) is 27.0 Å². The Hall–Kier alpha value is -1.82. The van der Waals surface area contributed by atoms with Gasteiger partial charge in [-0.25, -0.2) is 0 Å². The molecule has 6 heteroatoms. The summed E-state index contributed by atoms with van der Waals surface area (Å²) < 4.78 is 2.19. The van der Waals surface area contributed by atoms with E-state index in [1.165, 1.54) is 43.9 Å². The number of para-hydroxylation sites is 1. The van der Waals surface area contributed by atoms with Crippen LogP contribution in [0.5, 0.6) is 0 Å². The number of nitrogens with one attached hydrogen (secondary N) is 1. The fourth-order valence-electron chi connectivity index (χ4n) is 3.32. The number of nitrogens with zero attached hydrogens (tertiary/aromatic N) is 3. The van der Waals surface area contributed by atoms with Gasteiger partial charge in [0.2, 0.25) is 5.91 Å². The molecule has 1 saturated carbocycles. The van der Waals surface area contributed by atoms with E-state index >= 15 is 0 Å². The van der Waals surface area contributed by atoms with E-state index in [9.17, 15) is 4.79 Å². The summed E-state index contributed by atoms with van der Waals surface area (Å²) in [6, 6.07) is 9.55. The van der Waals surface area contributed by atoms with E-state index in [1.807, 2.05) is 37.3 Å². The minimum Gasteiger partial charge on any atom is -0.325 e. The summed E-state index contributed by atoms with van der Waals surface area (Å²) in [5.41, 5.74) is 0.819. The number of aromatic nitrogens is 3. The predicted octanol–water partition coefficient (Wildman–Crippen LogP) is 4.47. The molecule has 0 bridgehead atoms. The minimum atomic E-state index is -0.228. The number of benzene rings is 1. The van der Waals surface area contributed by atoms with Crippen LogP contribution >= 0.6 is 11.8 Å². The number of hydrogen-bond donors (Lipinski definition) is 1. The first-order valence-electron chi connectivity index (χ1n) is 9.14. The number of rotatable bonds is 6. The van der Waals surface area contributed by atoms with Crippen LogP contribution in [0.1, 0.15) is 57.7 Å². The molecule has 5 nitrogen and oxygen atoms in total. The maximum Gasteiger partial charge on any atom is 0.237 e. The van der Waals surface area contributed by atoms with Crippen LogP contribution in [0.25, 0.3) is 0 Å². The Balaban J connectivity index is 1.67. The second kappa shape index (κ2) is 8.52. The molecule has 1 atom stereocenters. The third kappa shape index (κ3) is 4.42. The van der Waals surface area contributed by atoms with Gasteiger partial charge in [0.05, 0.1) is 5.25 Å². The van der Waals surface area contributed by atoms with Crippen LogP contribution in [0, 0.1) is 0 Å². The van der Waals surface area contributed by atoms with Gasteiger partial charge in [0.1, 0.15) is 5.82 Å². The van der Waals surface area contributed by atoms with Crippen molar-refractivity contribution in [1.29, 1.82) is 0 Å². The van der Waals surface area contributed by atoms with Crippen molar-refractivity contribution in [2.75, 3.05) is 5.32 Å². The minimum absolute atomic E-state index is 0.0129. The lowest BCUT2D eigenvalue weighted by molar-refractivity contribution is -0.115. The van der Waals surface area contributed by atoms with E-state index in [4.69, 9.17) is 0 Å². The maximum absolute atomic E-state index is 12.4. The van der Waals surface area contributed by atoms with Gasteiger partial charge in [-0.05, 0) is 38.8 Å². The van der Waals surface area contributed by atoms with Crippen molar-refractivity contribution in [2.45, 2.75) is 68.8 Å². The average Bonchev–Trinajstić information content (AvgIpc) is 3.05. The summed E-state index contributed by atoms with van der Waals surface area (Å²) in [5.74, 6) is 1.60. The number of anilines is 1. The largest absolute Gasteiger partial charge is 0.325 e.